The van der Waals surface area contributed by atoms with Gasteiger partial charge in [-0.3, -0.25) is 0 Å². The highest BCUT2D eigenvalue weighted by Crippen LogP contribution is 2.39. The Kier molecular flexibility index (Phi) is 8.04. The third-order valence-corrected chi connectivity index (χ3v) is 8.77. The van der Waals surface area contributed by atoms with Crippen LogP contribution in [0.3, 0.4) is 0 Å². The fourth-order valence-corrected chi connectivity index (χ4v) is 6.47. The van der Waals surface area contributed by atoms with Crippen LogP contribution in [0.1, 0.15) is 62.5 Å². The molecule has 0 spiro atoms. The summed E-state index contributed by atoms with van der Waals surface area (Å²) in [7, 11) is -3.34. The molecule has 1 aromatic rings. The van der Waals surface area contributed by atoms with Crippen LogP contribution in [0.25, 0.3) is 0 Å². The molecule has 9 heteroatoms. The van der Waals surface area contributed by atoms with Crippen molar-refractivity contribution in [3.05, 3.63) is 23.4 Å². The Bertz CT molecular complexity index is 853. The monoisotopic (exact) mass is 467 g/mol. The maximum atomic E-state index is 12.5. The molecule has 0 amide bonds. The summed E-state index contributed by atoms with van der Waals surface area (Å²) in [4.78, 5) is 4.46. The maximum absolute atomic E-state index is 12.5. The van der Waals surface area contributed by atoms with Crippen LogP contribution in [0, 0.1) is 6.92 Å². The molecule has 0 radical (unpaired) electrons. The molecule has 4 rings (SSSR count). The van der Waals surface area contributed by atoms with E-state index in [1.165, 1.54) is 11.1 Å². The number of rotatable bonds is 9. The normalized spacial score (nSPS) is 29.4. The molecule has 0 aromatic carbocycles. The highest BCUT2D eigenvalue weighted by molar-refractivity contribution is 7.90. The van der Waals surface area contributed by atoms with Crippen molar-refractivity contribution in [1.29, 1.82) is 0 Å². The largest absolute Gasteiger partial charge is 0.478 e. The van der Waals surface area contributed by atoms with Crippen LogP contribution in [0.4, 0.5) is 0 Å². The fraction of sp³-hybridized carbons (Fsp3) is 0.783. The van der Waals surface area contributed by atoms with Crippen molar-refractivity contribution in [1.82, 2.24) is 15.0 Å². The van der Waals surface area contributed by atoms with E-state index < -0.39 is 15.3 Å². The van der Waals surface area contributed by atoms with E-state index >= 15 is 0 Å². The lowest BCUT2D eigenvalue weighted by molar-refractivity contribution is 0.00474. The first kappa shape index (κ1) is 23.9. The molecule has 8 nitrogen and oxygen atoms in total. The highest BCUT2D eigenvalue weighted by Gasteiger charge is 2.37. The Hall–Kier alpha value is -1.26. The zero-order valence-electron chi connectivity index (χ0n) is 19.2. The summed E-state index contributed by atoms with van der Waals surface area (Å²) in [5.74, 6) is 1.22. The van der Waals surface area contributed by atoms with E-state index in [-0.39, 0.29) is 18.2 Å². The molecular weight excluding hydrogens is 430 g/mol. The second-order valence-corrected chi connectivity index (χ2v) is 11.2. The highest BCUT2D eigenvalue weighted by atomic mass is 32.2. The van der Waals surface area contributed by atoms with E-state index in [1.54, 1.807) is 0 Å². The summed E-state index contributed by atoms with van der Waals surface area (Å²) >= 11 is 0. The predicted octanol–water partition coefficient (Wildman–Crippen LogP) is 2.27. The molecule has 0 bridgehead atoms. The van der Waals surface area contributed by atoms with Crippen LogP contribution in [0.2, 0.25) is 0 Å². The number of nitrogens with one attached hydrogen (secondary N) is 2. The van der Waals surface area contributed by atoms with Crippen molar-refractivity contribution in [3.63, 3.8) is 0 Å². The number of hydrogen-bond acceptors (Lipinski definition) is 7. The van der Waals surface area contributed by atoms with Gasteiger partial charge in [0, 0.05) is 23.8 Å². The van der Waals surface area contributed by atoms with E-state index in [2.05, 4.69) is 28.0 Å². The van der Waals surface area contributed by atoms with Gasteiger partial charge in [0.25, 0.3) is 0 Å². The zero-order valence-corrected chi connectivity index (χ0v) is 20.0. The second-order valence-electron chi connectivity index (χ2n) is 9.22. The van der Waals surface area contributed by atoms with Gasteiger partial charge < -0.3 is 19.5 Å². The van der Waals surface area contributed by atoms with Gasteiger partial charge in [-0.25, -0.2) is 18.1 Å². The molecule has 0 unspecified atom stereocenters. The van der Waals surface area contributed by atoms with Gasteiger partial charge in [0.15, 0.2) is 0 Å². The van der Waals surface area contributed by atoms with Crippen LogP contribution in [-0.4, -0.2) is 69.8 Å². The van der Waals surface area contributed by atoms with Gasteiger partial charge >= 0.3 is 0 Å². The molecular formula is C23H37N3O5S. The minimum Gasteiger partial charge on any atom is -0.478 e. The van der Waals surface area contributed by atoms with Gasteiger partial charge in [-0.05, 0) is 76.5 Å². The summed E-state index contributed by atoms with van der Waals surface area (Å²) in [6.45, 7) is 6.75. The molecule has 1 aromatic heterocycles. The van der Waals surface area contributed by atoms with Gasteiger partial charge in [0.2, 0.25) is 15.9 Å². The summed E-state index contributed by atoms with van der Waals surface area (Å²) in [6, 6.07) is 1.94. The van der Waals surface area contributed by atoms with Crippen LogP contribution < -0.4 is 14.8 Å². The summed E-state index contributed by atoms with van der Waals surface area (Å²) in [5.41, 5.74) is 2.49. The lowest BCUT2D eigenvalue weighted by Crippen LogP contribution is -2.59. The Morgan fingerprint density at radius 1 is 1.22 bits per heavy atom. The number of pyridine rings is 1. The van der Waals surface area contributed by atoms with Crippen LogP contribution >= 0.6 is 0 Å². The Morgan fingerprint density at radius 2 is 2.00 bits per heavy atom. The van der Waals surface area contributed by atoms with Crippen molar-refractivity contribution < 1.29 is 22.6 Å². The molecule has 3 aliphatic rings. The quantitative estimate of drug-likeness (QED) is 0.575. The topological polar surface area (TPSA) is 98.8 Å². The summed E-state index contributed by atoms with van der Waals surface area (Å²) in [5, 5.41) is 3.04. The maximum Gasteiger partial charge on any atom is 0.219 e. The summed E-state index contributed by atoms with van der Waals surface area (Å²) < 4.78 is 45.1. The standard InChI is InChI=1S/C23H37N3O5S/c1-3-30-23-22(16(2)10-12-25-23)17-6-8-18(9-7-17)31-15-21-20(5-4-11-24-21)26-32(27,28)19-13-29-14-19/h10,12,17-21,24,26H,3-9,11,13-15H2,1-2H3/t17?,18?,20-,21-/m0/s1. The second kappa shape index (κ2) is 10.8. The van der Waals surface area contributed by atoms with E-state index in [4.69, 9.17) is 14.2 Å². The molecule has 1 aliphatic carbocycles. The number of hydrogen-bond donors (Lipinski definition) is 2. The Morgan fingerprint density at radius 3 is 2.69 bits per heavy atom. The van der Waals surface area contributed by atoms with E-state index in [1.807, 2.05) is 13.1 Å². The number of aryl methyl sites for hydroxylation is 1. The number of nitrogens with zero attached hydrogens (tertiary/aromatic N) is 1. The van der Waals surface area contributed by atoms with Crippen molar-refractivity contribution >= 4 is 10.0 Å². The number of ether oxygens (including phenoxy) is 3. The number of sulfonamides is 1. The van der Waals surface area contributed by atoms with Crippen molar-refractivity contribution in [2.75, 3.05) is 33.0 Å². The van der Waals surface area contributed by atoms with E-state index in [9.17, 15) is 8.42 Å². The molecule has 2 N–H and O–H groups in total. The Balaban J connectivity index is 1.29. The van der Waals surface area contributed by atoms with E-state index in [0.29, 0.717) is 32.3 Å². The van der Waals surface area contributed by atoms with Crippen LogP contribution in [0.5, 0.6) is 5.88 Å². The van der Waals surface area contributed by atoms with E-state index in [0.717, 1.165) is 50.9 Å². The molecule has 180 valence electrons. The number of piperidine rings is 1. The molecule has 3 fully saturated rings. The molecule has 2 atom stereocenters. The Labute approximate surface area is 191 Å². The predicted molar refractivity (Wildman–Crippen MR) is 123 cm³/mol. The molecule has 1 saturated carbocycles. The minimum absolute atomic E-state index is 0.00219. The zero-order chi connectivity index (χ0) is 22.6. The van der Waals surface area contributed by atoms with Gasteiger partial charge in [-0.15, -0.1) is 0 Å². The lowest BCUT2D eigenvalue weighted by Gasteiger charge is -2.37. The smallest absolute Gasteiger partial charge is 0.219 e. The van der Waals surface area contributed by atoms with Crippen molar-refractivity contribution in [3.8, 4) is 5.88 Å². The third kappa shape index (κ3) is 5.62. The van der Waals surface area contributed by atoms with Gasteiger partial charge in [0.05, 0.1) is 32.5 Å². The van der Waals surface area contributed by atoms with Crippen molar-refractivity contribution in [2.45, 2.75) is 81.7 Å². The average molecular weight is 468 g/mol. The number of aromatic nitrogens is 1. The van der Waals surface area contributed by atoms with Crippen LogP contribution in [-0.2, 0) is 19.5 Å². The molecule has 32 heavy (non-hydrogen) atoms. The molecule has 2 saturated heterocycles. The van der Waals surface area contributed by atoms with Crippen LogP contribution in [0.15, 0.2) is 12.3 Å². The average Bonchev–Trinajstić information content (AvgIpc) is 2.72. The third-order valence-electron chi connectivity index (χ3n) is 6.99. The molecule has 2 aliphatic heterocycles. The first-order valence-corrected chi connectivity index (χ1v) is 13.5. The lowest BCUT2D eigenvalue weighted by atomic mass is 9.81. The van der Waals surface area contributed by atoms with Gasteiger partial charge in [-0.1, -0.05) is 0 Å². The van der Waals surface area contributed by atoms with Gasteiger partial charge in [0.1, 0.15) is 5.25 Å². The fourth-order valence-electron chi connectivity index (χ4n) is 5.02. The summed E-state index contributed by atoms with van der Waals surface area (Å²) in [6.07, 6.45) is 7.91. The SMILES string of the molecule is CCOc1nccc(C)c1C1CCC(OC[C@@H]2NCCC[C@@H]2NS(=O)(=O)C2COC2)CC1. The first-order chi connectivity index (χ1) is 15.5. The minimum atomic E-state index is -3.34. The first-order valence-electron chi connectivity index (χ1n) is 12.0. The van der Waals surface area contributed by atoms with Gasteiger partial charge in [-0.2, -0.15) is 0 Å². The van der Waals surface area contributed by atoms with Crippen molar-refractivity contribution in [2.24, 2.45) is 0 Å². The molecule has 3 heterocycles.